The van der Waals surface area contributed by atoms with Gasteiger partial charge >= 0.3 is 0 Å². The van der Waals surface area contributed by atoms with Crippen molar-refractivity contribution in [3.8, 4) is 11.4 Å². The highest BCUT2D eigenvalue weighted by molar-refractivity contribution is 6.39. The smallest absolute Gasteiger partial charge is 0.295 e. The number of ether oxygens (including phenoxy) is 1. The lowest BCUT2D eigenvalue weighted by atomic mass is 10.2. The lowest BCUT2D eigenvalue weighted by Gasteiger charge is -2.12. The monoisotopic (exact) mass is 470 g/mol. The number of carbonyl (C=O) groups excluding carboxylic acids is 1. The maximum atomic E-state index is 13.0. The first-order chi connectivity index (χ1) is 15.3. The zero-order valence-corrected chi connectivity index (χ0v) is 19.2. The van der Waals surface area contributed by atoms with Gasteiger partial charge in [-0.25, -0.2) is 9.67 Å². The molecule has 2 aromatic carbocycles. The van der Waals surface area contributed by atoms with Crippen LogP contribution < -0.4 is 15.6 Å². The predicted molar refractivity (Wildman–Crippen MR) is 126 cm³/mol. The Kier molecular flexibility index (Phi) is 5.95. The molecular weight excluding hydrogens is 451 g/mol. The van der Waals surface area contributed by atoms with Crippen LogP contribution in [0.2, 0.25) is 10.0 Å². The molecular formula is C23H20Cl2N4O3. The lowest BCUT2D eigenvalue weighted by Crippen LogP contribution is -2.25. The summed E-state index contributed by atoms with van der Waals surface area (Å²) in [5.41, 5.74) is 2.38. The second-order valence-corrected chi connectivity index (χ2v) is 8.11. The highest BCUT2D eigenvalue weighted by Crippen LogP contribution is 2.37. The molecule has 0 radical (unpaired) electrons. The van der Waals surface area contributed by atoms with E-state index in [1.807, 2.05) is 49.4 Å². The van der Waals surface area contributed by atoms with E-state index in [0.29, 0.717) is 27.3 Å². The van der Waals surface area contributed by atoms with Crippen LogP contribution in [-0.4, -0.2) is 26.9 Å². The van der Waals surface area contributed by atoms with Gasteiger partial charge in [0.1, 0.15) is 11.2 Å². The molecule has 1 N–H and O–H groups in total. The highest BCUT2D eigenvalue weighted by atomic mass is 35.5. The molecule has 0 spiro atoms. The third-order valence-electron chi connectivity index (χ3n) is 5.14. The Labute approximate surface area is 194 Å². The van der Waals surface area contributed by atoms with E-state index >= 15 is 0 Å². The molecule has 2 aromatic heterocycles. The molecule has 4 rings (SSSR count). The first-order valence-electron chi connectivity index (χ1n) is 9.80. The number of nitrogens with zero attached hydrogens (tertiary/aromatic N) is 3. The molecule has 4 aromatic rings. The number of benzene rings is 2. The Bertz CT molecular complexity index is 1390. The van der Waals surface area contributed by atoms with Crippen LogP contribution in [0.4, 0.5) is 5.69 Å². The minimum atomic E-state index is -0.497. The first-order valence-corrected chi connectivity index (χ1v) is 10.6. The number of fused-ring (bicyclic) bond motifs is 1. The standard InChI is InChI=1S/C23H20Cl2N4O3/c1-13-9-10-16-17(24)11-18(25)22(21(16)26-13)32-12-19(30)27-20-14(2)28(3)29(23(20)31)15-7-5-4-6-8-15/h4-11H,12H2,1-3H3,(H,27,30). The van der Waals surface area contributed by atoms with Crippen LogP contribution in [0, 0.1) is 13.8 Å². The van der Waals surface area contributed by atoms with Gasteiger partial charge < -0.3 is 10.1 Å². The number of para-hydroxylation sites is 1. The number of hydrogen-bond donors (Lipinski definition) is 1. The van der Waals surface area contributed by atoms with Crippen LogP contribution in [0.1, 0.15) is 11.4 Å². The average Bonchev–Trinajstić information content (AvgIpc) is 2.97. The summed E-state index contributed by atoms with van der Waals surface area (Å²) in [6.45, 7) is 3.24. The molecule has 9 heteroatoms. The molecule has 1 amide bonds. The second-order valence-electron chi connectivity index (χ2n) is 7.29. The number of anilines is 1. The summed E-state index contributed by atoms with van der Waals surface area (Å²) < 4.78 is 8.89. The molecule has 0 saturated carbocycles. The summed E-state index contributed by atoms with van der Waals surface area (Å²) in [5, 5.41) is 4.02. The van der Waals surface area contributed by atoms with Crippen LogP contribution in [-0.2, 0) is 11.8 Å². The number of rotatable bonds is 5. The lowest BCUT2D eigenvalue weighted by molar-refractivity contribution is -0.118. The van der Waals surface area contributed by atoms with Crippen LogP contribution in [0.15, 0.2) is 53.3 Å². The van der Waals surface area contributed by atoms with Crippen molar-refractivity contribution in [2.45, 2.75) is 13.8 Å². The van der Waals surface area contributed by atoms with Crippen molar-refractivity contribution in [3.05, 3.63) is 80.3 Å². The second kappa shape index (κ2) is 8.68. The summed E-state index contributed by atoms with van der Waals surface area (Å²) in [4.78, 5) is 30.1. The minimum absolute atomic E-state index is 0.186. The summed E-state index contributed by atoms with van der Waals surface area (Å²) in [5.74, 6) is -0.237. The molecule has 164 valence electrons. The fourth-order valence-corrected chi connectivity index (χ4v) is 4.02. The number of amides is 1. The molecule has 32 heavy (non-hydrogen) atoms. The number of pyridine rings is 1. The Morgan fingerprint density at radius 3 is 2.53 bits per heavy atom. The largest absolute Gasteiger partial charge is 0.480 e. The summed E-state index contributed by atoms with van der Waals surface area (Å²) in [6.07, 6.45) is 0. The topological polar surface area (TPSA) is 78.1 Å². The van der Waals surface area contributed by atoms with E-state index in [2.05, 4.69) is 10.3 Å². The van der Waals surface area contributed by atoms with Crippen LogP contribution in [0.5, 0.6) is 5.75 Å². The van der Waals surface area contributed by atoms with E-state index in [0.717, 1.165) is 5.69 Å². The van der Waals surface area contributed by atoms with E-state index in [1.54, 1.807) is 24.7 Å². The van der Waals surface area contributed by atoms with Gasteiger partial charge in [0.25, 0.3) is 11.5 Å². The van der Waals surface area contributed by atoms with Gasteiger partial charge in [0.2, 0.25) is 0 Å². The van der Waals surface area contributed by atoms with Gasteiger partial charge in [-0.1, -0.05) is 41.4 Å². The fourth-order valence-electron chi connectivity index (χ4n) is 3.45. The third-order valence-corrected chi connectivity index (χ3v) is 5.74. The first kappa shape index (κ1) is 21.9. The number of hydrogen-bond acceptors (Lipinski definition) is 4. The van der Waals surface area contributed by atoms with Crippen molar-refractivity contribution in [3.63, 3.8) is 0 Å². The summed E-state index contributed by atoms with van der Waals surface area (Å²) >= 11 is 12.6. The molecule has 0 fully saturated rings. The van der Waals surface area contributed by atoms with Gasteiger partial charge in [-0.05, 0) is 44.2 Å². The molecule has 0 atom stereocenters. The Morgan fingerprint density at radius 1 is 1.09 bits per heavy atom. The van der Waals surface area contributed by atoms with Crippen molar-refractivity contribution in [1.82, 2.24) is 14.3 Å². The van der Waals surface area contributed by atoms with Gasteiger partial charge in [0, 0.05) is 18.1 Å². The van der Waals surface area contributed by atoms with Crippen molar-refractivity contribution in [2.24, 2.45) is 7.05 Å². The fraction of sp³-hybridized carbons (Fsp3) is 0.174. The Balaban J connectivity index is 1.59. The van der Waals surface area contributed by atoms with Crippen molar-refractivity contribution >= 4 is 45.7 Å². The SMILES string of the molecule is Cc1ccc2c(Cl)cc(Cl)c(OCC(=O)Nc3c(C)n(C)n(-c4ccccc4)c3=O)c2n1. The zero-order valence-electron chi connectivity index (χ0n) is 17.6. The Hall–Kier alpha value is -3.29. The van der Waals surface area contributed by atoms with E-state index in [9.17, 15) is 9.59 Å². The molecule has 2 heterocycles. The number of nitrogens with one attached hydrogen (secondary N) is 1. The third kappa shape index (κ3) is 3.97. The number of carbonyl (C=O) groups is 1. The van der Waals surface area contributed by atoms with Gasteiger partial charge in [0.05, 0.1) is 21.4 Å². The number of halogens is 2. The van der Waals surface area contributed by atoms with Crippen LogP contribution in [0.3, 0.4) is 0 Å². The van der Waals surface area contributed by atoms with E-state index in [1.165, 1.54) is 4.68 Å². The maximum Gasteiger partial charge on any atom is 0.295 e. The predicted octanol–water partition coefficient (Wildman–Crippen LogP) is 4.67. The van der Waals surface area contributed by atoms with E-state index in [4.69, 9.17) is 27.9 Å². The molecule has 0 saturated heterocycles. The van der Waals surface area contributed by atoms with Crippen molar-refractivity contribution in [1.29, 1.82) is 0 Å². The van der Waals surface area contributed by atoms with Crippen LogP contribution >= 0.6 is 23.2 Å². The van der Waals surface area contributed by atoms with Crippen molar-refractivity contribution < 1.29 is 9.53 Å². The quantitative estimate of drug-likeness (QED) is 0.459. The number of aryl methyl sites for hydroxylation is 1. The van der Waals surface area contributed by atoms with Crippen LogP contribution in [0.25, 0.3) is 16.6 Å². The summed E-state index contributed by atoms with van der Waals surface area (Å²) in [7, 11) is 1.75. The van der Waals surface area contributed by atoms with Crippen molar-refractivity contribution in [2.75, 3.05) is 11.9 Å². The average molecular weight is 471 g/mol. The maximum absolute atomic E-state index is 13.0. The zero-order chi connectivity index (χ0) is 23.0. The van der Waals surface area contributed by atoms with E-state index in [-0.39, 0.29) is 28.6 Å². The molecule has 0 bridgehead atoms. The van der Waals surface area contributed by atoms with E-state index < -0.39 is 5.91 Å². The van der Waals surface area contributed by atoms with Gasteiger partial charge in [-0.3, -0.25) is 14.3 Å². The Morgan fingerprint density at radius 2 is 1.81 bits per heavy atom. The van der Waals surface area contributed by atoms with Gasteiger partial charge in [-0.2, -0.15) is 0 Å². The molecule has 0 aliphatic rings. The van der Waals surface area contributed by atoms with Gasteiger partial charge in [-0.15, -0.1) is 0 Å². The normalized spacial score (nSPS) is 11.0. The highest BCUT2D eigenvalue weighted by Gasteiger charge is 2.19. The molecule has 0 aliphatic heterocycles. The molecule has 0 unspecified atom stereocenters. The molecule has 0 aliphatic carbocycles. The molecule has 7 nitrogen and oxygen atoms in total. The number of aromatic nitrogens is 3. The summed E-state index contributed by atoms with van der Waals surface area (Å²) in [6, 6.07) is 14.4. The van der Waals surface area contributed by atoms with Gasteiger partial charge in [0.15, 0.2) is 12.4 Å². The minimum Gasteiger partial charge on any atom is -0.480 e.